The van der Waals surface area contributed by atoms with Crippen LogP contribution in [-0.4, -0.2) is 67.7 Å². The van der Waals surface area contributed by atoms with E-state index < -0.39 is 0 Å². The third-order valence-electron chi connectivity index (χ3n) is 4.18. The molecule has 0 spiro atoms. The summed E-state index contributed by atoms with van der Waals surface area (Å²) in [6.45, 7) is 4.37. The Balaban J connectivity index is 2.58. The number of amides is 2. The Labute approximate surface area is 153 Å². The van der Waals surface area contributed by atoms with Gasteiger partial charge in [-0.15, -0.1) is 0 Å². The van der Waals surface area contributed by atoms with Gasteiger partial charge in [0.05, 0.1) is 26.4 Å². The highest BCUT2D eigenvalue weighted by Gasteiger charge is 2.41. The average Bonchev–Trinajstić information content (AvgIpc) is 2.85. The number of carbonyl (C=O) groups is 2. The van der Waals surface area contributed by atoms with Crippen molar-refractivity contribution in [1.29, 1.82) is 0 Å². The number of nitrogens with zero attached hydrogens (tertiary/aromatic N) is 2. The van der Waals surface area contributed by atoms with Crippen LogP contribution < -0.4 is 9.47 Å². The molecule has 1 aromatic rings. The first-order valence-electron chi connectivity index (χ1n) is 8.50. The monoisotopic (exact) mass is 362 g/mol. The Kier molecular flexibility index (Phi) is 6.26. The summed E-state index contributed by atoms with van der Waals surface area (Å²) < 4.78 is 10.6. The molecule has 26 heavy (non-hydrogen) atoms. The minimum absolute atomic E-state index is 0.120. The fourth-order valence-electron chi connectivity index (χ4n) is 2.96. The van der Waals surface area contributed by atoms with Crippen LogP contribution in [0.25, 0.3) is 5.57 Å². The zero-order valence-electron chi connectivity index (χ0n) is 15.9. The normalized spacial score (nSPS) is 14.5. The first-order chi connectivity index (χ1) is 12.3. The van der Waals surface area contributed by atoms with Crippen molar-refractivity contribution >= 4 is 17.4 Å². The van der Waals surface area contributed by atoms with Crippen molar-refractivity contribution in [2.24, 2.45) is 5.92 Å². The Bertz CT molecular complexity index is 727. The van der Waals surface area contributed by atoms with E-state index in [1.165, 1.54) is 19.1 Å². The second-order valence-corrected chi connectivity index (χ2v) is 6.55. The van der Waals surface area contributed by atoms with Crippen LogP contribution in [0.5, 0.6) is 11.5 Å². The highest BCUT2D eigenvalue weighted by molar-refractivity contribution is 6.35. The number of rotatable bonds is 8. The number of aliphatic hydroxyl groups is 1. The Morgan fingerprint density at radius 1 is 1.12 bits per heavy atom. The number of carbonyl (C=O) groups excluding carboxylic acids is 2. The average molecular weight is 362 g/mol. The topological polar surface area (TPSA) is 79.3 Å². The van der Waals surface area contributed by atoms with Gasteiger partial charge in [0.15, 0.2) is 11.5 Å². The van der Waals surface area contributed by atoms with Crippen LogP contribution >= 0.6 is 0 Å². The summed E-state index contributed by atoms with van der Waals surface area (Å²) in [5.74, 6) is 0.485. The Morgan fingerprint density at radius 3 is 2.31 bits per heavy atom. The lowest BCUT2D eigenvalue weighted by Crippen LogP contribution is -2.37. The van der Waals surface area contributed by atoms with Gasteiger partial charge in [0.25, 0.3) is 11.8 Å². The van der Waals surface area contributed by atoms with Crippen molar-refractivity contribution in [3.63, 3.8) is 0 Å². The summed E-state index contributed by atoms with van der Waals surface area (Å²) >= 11 is 0. The number of likely N-dealkylation sites (N-methyl/N-ethyl adjacent to an activating group) is 1. The van der Waals surface area contributed by atoms with E-state index in [0.717, 1.165) is 0 Å². The third-order valence-corrected chi connectivity index (χ3v) is 4.18. The molecule has 0 bridgehead atoms. The molecule has 1 N–H and O–H groups in total. The fraction of sp³-hybridized carbons (Fsp3) is 0.474. The van der Waals surface area contributed by atoms with Crippen molar-refractivity contribution in [2.75, 3.05) is 41.0 Å². The zero-order chi connectivity index (χ0) is 19.4. The molecule has 2 rings (SSSR count). The first kappa shape index (κ1) is 19.8. The van der Waals surface area contributed by atoms with Gasteiger partial charge < -0.3 is 19.5 Å². The largest absolute Gasteiger partial charge is 0.493 e. The summed E-state index contributed by atoms with van der Waals surface area (Å²) in [6, 6.07) is 5.12. The quantitative estimate of drug-likeness (QED) is 0.704. The van der Waals surface area contributed by atoms with E-state index in [1.54, 1.807) is 30.1 Å². The molecule has 0 radical (unpaired) electrons. The maximum atomic E-state index is 13.0. The third kappa shape index (κ3) is 3.67. The lowest BCUT2D eigenvalue weighted by Gasteiger charge is -2.21. The van der Waals surface area contributed by atoms with Crippen LogP contribution in [0.3, 0.4) is 0 Å². The standard InChI is InChI=1S/C19H26N2O5/c1-12(2)11-21-18(23)16(17(19(21)24)20(3)8-9-22)13-6-7-14(25-4)15(10-13)26-5/h6-7,10,12,22H,8-9,11H2,1-5H3. The van der Waals surface area contributed by atoms with E-state index in [-0.39, 0.29) is 36.6 Å². The van der Waals surface area contributed by atoms with E-state index >= 15 is 0 Å². The van der Waals surface area contributed by atoms with Crippen LogP contribution in [-0.2, 0) is 9.59 Å². The van der Waals surface area contributed by atoms with Crippen LogP contribution in [0.4, 0.5) is 0 Å². The minimum Gasteiger partial charge on any atom is -0.493 e. The molecular weight excluding hydrogens is 336 g/mol. The Morgan fingerprint density at radius 2 is 1.77 bits per heavy atom. The van der Waals surface area contributed by atoms with Gasteiger partial charge in [-0.25, -0.2) is 0 Å². The molecule has 1 aromatic carbocycles. The molecule has 0 saturated heterocycles. The van der Waals surface area contributed by atoms with Crippen molar-refractivity contribution in [3.05, 3.63) is 29.5 Å². The lowest BCUT2D eigenvalue weighted by atomic mass is 10.0. The predicted octanol–water partition coefficient (Wildman–Crippen LogP) is 1.36. The number of benzene rings is 1. The molecule has 0 aliphatic carbocycles. The van der Waals surface area contributed by atoms with Crippen LogP contribution in [0.15, 0.2) is 23.9 Å². The SMILES string of the molecule is COc1ccc(C2=C(N(C)CCO)C(=O)N(CC(C)C)C2=O)cc1OC. The fourth-order valence-corrected chi connectivity index (χ4v) is 2.96. The number of ether oxygens (including phenoxy) is 2. The van der Waals surface area contributed by atoms with Gasteiger partial charge in [-0.2, -0.15) is 0 Å². The molecular formula is C19H26N2O5. The lowest BCUT2D eigenvalue weighted by molar-refractivity contribution is -0.138. The molecule has 1 aliphatic rings. The molecule has 7 nitrogen and oxygen atoms in total. The van der Waals surface area contributed by atoms with E-state index in [1.807, 2.05) is 13.8 Å². The van der Waals surface area contributed by atoms with E-state index in [2.05, 4.69) is 0 Å². The van der Waals surface area contributed by atoms with Gasteiger partial charge in [-0.3, -0.25) is 14.5 Å². The van der Waals surface area contributed by atoms with E-state index in [4.69, 9.17) is 9.47 Å². The van der Waals surface area contributed by atoms with Crippen molar-refractivity contribution < 1.29 is 24.2 Å². The molecule has 2 amide bonds. The molecule has 0 unspecified atom stereocenters. The van der Waals surface area contributed by atoms with Crippen LogP contribution in [0.1, 0.15) is 19.4 Å². The zero-order valence-corrected chi connectivity index (χ0v) is 15.9. The van der Waals surface area contributed by atoms with Crippen molar-refractivity contribution in [3.8, 4) is 11.5 Å². The molecule has 7 heteroatoms. The number of methoxy groups -OCH3 is 2. The number of imide groups is 1. The second-order valence-electron chi connectivity index (χ2n) is 6.55. The van der Waals surface area contributed by atoms with Gasteiger partial charge in [0, 0.05) is 20.1 Å². The van der Waals surface area contributed by atoms with Crippen molar-refractivity contribution in [1.82, 2.24) is 9.80 Å². The maximum absolute atomic E-state index is 13.0. The Hall–Kier alpha value is -2.54. The maximum Gasteiger partial charge on any atom is 0.277 e. The molecule has 142 valence electrons. The summed E-state index contributed by atoms with van der Waals surface area (Å²) in [6.07, 6.45) is 0. The minimum atomic E-state index is -0.343. The molecule has 0 aromatic heterocycles. The first-order valence-corrected chi connectivity index (χ1v) is 8.50. The smallest absolute Gasteiger partial charge is 0.277 e. The summed E-state index contributed by atoms with van der Waals surface area (Å²) in [5.41, 5.74) is 1.18. The molecule has 0 atom stereocenters. The molecule has 1 heterocycles. The predicted molar refractivity (Wildman–Crippen MR) is 97.7 cm³/mol. The van der Waals surface area contributed by atoms with Gasteiger partial charge in [-0.1, -0.05) is 19.9 Å². The second kappa shape index (κ2) is 8.23. The van der Waals surface area contributed by atoms with Crippen LogP contribution in [0.2, 0.25) is 0 Å². The highest BCUT2D eigenvalue weighted by Crippen LogP contribution is 2.36. The number of hydrogen-bond donors (Lipinski definition) is 1. The molecule has 0 fully saturated rings. The summed E-state index contributed by atoms with van der Waals surface area (Å²) in [4.78, 5) is 28.8. The summed E-state index contributed by atoms with van der Waals surface area (Å²) in [7, 11) is 4.74. The van der Waals surface area contributed by atoms with E-state index in [9.17, 15) is 14.7 Å². The van der Waals surface area contributed by atoms with Crippen molar-refractivity contribution in [2.45, 2.75) is 13.8 Å². The molecule has 0 saturated carbocycles. The van der Waals surface area contributed by atoms with E-state index in [0.29, 0.717) is 29.2 Å². The summed E-state index contributed by atoms with van der Waals surface area (Å²) in [5, 5.41) is 9.26. The van der Waals surface area contributed by atoms with Gasteiger partial charge in [0.1, 0.15) is 5.70 Å². The number of hydrogen-bond acceptors (Lipinski definition) is 6. The van der Waals surface area contributed by atoms with Gasteiger partial charge in [0.2, 0.25) is 0 Å². The van der Waals surface area contributed by atoms with Gasteiger partial charge in [-0.05, 0) is 23.6 Å². The van der Waals surface area contributed by atoms with Crippen LogP contribution in [0, 0.1) is 5.92 Å². The number of aliphatic hydroxyl groups excluding tert-OH is 1. The van der Waals surface area contributed by atoms with Gasteiger partial charge >= 0.3 is 0 Å². The highest BCUT2D eigenvalue weighted by atomic mass is 16.5. The molecule has 1 aliphatic heterocycles.